The van der Waals surface area contributed by atoms with Gasteiger partial charge in [-0.25, -0.2) is 0 Å². The van der Waals surface area contributed by atoms with E-state index in [4.69, 9.17) is 0 Å². The zero-order chi connectivity index (χ0) is 13.6. The molecule has 0 spiro atoms. The third-order valence-electron chi connectivity index (χ3n) is 2.69. The molecular weight excluding hydrogens is 222 g/mol. The summed E-state index contributed by atoms with van der Waals surface area (Å²) in [6.07, 6.45) is 0.694. The lowest BCUT2D eigenvalue weighted by molar-refractivity contribution is 0.0952. The molecule has 0 aliphatic rings. The van der Waals surface area contributed by atoms with Crippen molar-refractivity contribution in [2.45, 2.75) is 39.5 Å². The first-order chi connectivity index (χ1) is 8.46. The Balaban J connectivity index is 2.82. The first-order valence-electron chi connectivity index (χ1n) is 6.24. The van der Waals surface area contributed by atoms with Gasteiger partial charge in [0.15, 0.2) is 0 Å². The number of benzene rings is 1. The molecule has 1 amide bonds. The summed E-state index contributed by atoms with van der Waals surface area (Å²) < 4.78 is 0. The second kappa shape index (κ2) is 6.26. The van der Waals surface area contributed by atoms with Gasteiger partial charge in [0, 0.05) is 18.5 Å². The lowest BCUT2D eigenvalue weighted by atomic mass is 9.83. The van der Waals surface area contributed by atoms with E-state index < -0.39 is 0 Å². The van der Waals surface area contributed by atoms with Crippen molar-refractivity contribution < 1.29 is 4.79 Å². The van der Waals surface area contributed by atoms with Crippen LogP contribution >= 0.6 is 0 Å². The van der Waals surface area contributed by atoms with Crippen molar-refractivity contribution in [3.8, 4) is 11.8 Å². The highest BCUT2D eigenvalue weighted by Crippen LogP contribution is 2.25. The van der Waals surface area contributed by atoms with Crippen LogP contribution in [0, 0.1) is 11.8 Å². The lowest BCUT2D eigenvalue weighted by Crippen LogP contribution is -2.27. The smallest absolute Gasteiger partial charge is 0.251 e. The molecule has 0 saturated heterocycles. The van der Waals surface area contributed by atoms with Crippen LogP contribution in [0.5, 0.6) is 0 Å². The molecule has 1 N–H and O–H groups in total. The Hall–Kier alpha value is -1.75. The van der Waals surface area contributed by atoms with Crippen LogP contribution in [-0.4, -0.2) is 12.5 Å². The monoisotopic (exact) mass is 243 g/mol. The van der Waals surface area contributed by atoms with E-state index in [1.807, 2.05) is 24.3 Å². The fraction of sp³-hybridized carbons (Fsp3) is 0.438. The van der Waals surface area contributed by atoms with Crippen LogP contribution in [-0.2, 0) is 5.41 Å². The summed E-state index contributed by atoms with van der Waals surface area (Å²) in [4.78, 5) is 12.1. The highest BCUT2D eigenvalue weighted by atomic mass is 16.1. The second-order valence-corrected chi connectivity index (χ2v) is 5.23. The molecule has 0 bridgehead atoms. The molecule has 96 valence electrons. The van der Waals surface area contributed by atoms with Crippen LogP contribution in [0.2, 0.25) is 0 Å². The van der Waals surface area contributed by atoms with Crippen molar-refractivity contribution in [3.63, 3.8) is 0 Å². The van der Waals surface area contributed by atoms with E-state index in [9.17, 15) is 4.79 Å². The van der Waals surface area contributed by atoms with Crippen LogP contribution in [0.15, 0.2) is 24.3 Å². The maximum atomic E-state index is 12.1. The number of hydrogen-bond donors (Lipinski definition) is 1. The van der Waals surface area contributed by atoms with Gasteiger partial charge in [0.05, 0.1) is 0 Å². The molecule has 0 aromatic heterocycles. The maximum Gasteiger partial charge on any atom is 0.251 e. The number of nitrogens with one attached hydrogen (secondary N) is 1. The summed E-state index contributed by atoms with van der Waals surface area (Å²) >= 11 is 0. The molecule has 1 aromatic carbocycles. The molecule has 1 rings (SSSR count). The lowest BCUT2D eigenvalue weighted by Gasteiger charge is -2.22. The van der Waals surface area contributed by atoms with Crippen molar-refractivity contribution in [2.24, 2.45) is 0 Å². The Morgan fingerprint density at radius 3 is 2.56 bits per heavy atom. The molecule has 0 aliphatic carbocycles. The minimum absolute atomic E-state index is 0.0153. The van der Waals surface area contributed by atoms with Gasteiger partial charge < -0.3 is 5.32 Å². The molecule has 0 atom stereocenters. The SMILES string of the molecule is CC#CCCNC(=O)c1ccccc1C(C)(C)C. The highest BCUT2D eigenvalue weighted by Gasteiger charge is 2.20. The van der Waals surface area contributed by atoms with E-state index >= 15 is 0 Å². The van der Waals surface area contributed by atoms with Gasteiger partial charge in [-0.2, -0.15) is 0 Å². The van der Waals surface area contributed by atoms with Gasteiger partial charge in [0.25, 0.3) is 5.91 Å². The average molecular weight is 243 g/mol. The fourth-order valence-corrected chi connectivity index (χ4v) is 1.79. The van der Waals surface area contributed by atoms with Crippen LogP contribution < -0.4 is 5.32 Å². The topological polar surface area (TPSA) is 29.1 Å². The molecular formula is C16H21NO. The van der Waals surface area contributed by atoms with Crippen molar-refractivity contribution in [1.82, 2.24) is 5.32 Å². The first-order valence-corrected chi connectivity index (χ1v) is 6.24. The molecule has 0 heterocycles. The Kier molecular flexibility index (Phi) is 4.97. The molecule has 18 heavy (non-hydrogen) atoms. The Bertz CT molecular complexity index is 472. The Labute approximate surface area is 110 Å². The highest BCUT2D eigenvalue weighted by molar-refractivity contribution is 5.96. The minimum atomic E-state index is -0.0306. The van der Waals surface area contributed by atoms with E-state index in [1.165, 1.54) is 0 Å². The van der Waals surface area contributed by atoms with Crippen molar-refractivity contribution in [1.29, 1.82) is 0 Å². The van der Waals surface area contributed by atoms with E-state index in [2.05, 4.69) is 37.9 Å². The summed E-state index contributed by atoms with van der Waals surface area (Å²) in [5.41, 5.74) is 1.80. The summed E-state index contributed by atoms with van der Waals surface area (Å²) in [6.45, 7) is 8.74. The van der Waals surface area contributed by atoms with E-state index in [0.717, 1.165) is 11.1 Å². The van der Waals surface area contributed by atoms with Crippen molar-refractivity contribution in [3.05, 3.63) is 35.4 Å². The fourth-order valence-electron chi connectivity index (χ4n) is 1.79. The molecule has 2 heteroatoms. The standard InChI is InChI=1S/C16H21NO/c1-5-6-9-12-17-15(18)13-10-7-8-11-14(13)16(2,3)4/h7-8,10-11H,9,12H2,1-4H3,(H,17,18). The van der Waals surface area contributed by atoms with Gasteiger partial charge in [-0.3, -0.25) is 4.79 Å². The van der Waals surface area contributed by atoms with Gasteiger partial charge in [0.1, 0.15) is 0 Å². The largest absolute Gasteiger partial charge is 0.351 e. The zero-order valence-corrected chi connectivity index (χ0v) is 11.6. The predicted molar refractivity (Wildman–Crippen MR) is 75.5 cm³/mol. The number of carbonyl (C=O) groups excluding carboxylic acids is 1. The first kappa shape index (κ1) is 14.3. The number of carbonyl (C=O) groups is 1. The number of rotatable bonds is 3. The maximum absolute atomic E-state index is 12.1. The summed E-state index contributed by atoms with van der Waals surface area (Å²) in [6, 6.07) is 7.76. The molecule has 0 fully saturated rings. The van der Waals surface area contributed by atoms with Gasteiger partial charge >= 0.3 is 0 Å². The molecule has 1 aromatic rings. The van der Waals surface area contributed by atoms with Crippen molar-refractivity contribution in [2.75, 3.05) is 6.54 Å². The van der Waals surface area contributed by atoms with E-state index in [0.29, 0.717) is 13.0 Å². The number of hydrogen-bond acceptors (Lipinski definition) is 1. The van der Waals surface area contributed by atoms with Gasteiger partial charge in [-0.05, 0) is 24.0 Å². The molecule has 0 radical (unpaired) electrons. The quantitative estimate of drug-likeness (QED) is 0.641. The molecule has 2 nitrogen and oxygen atoms in total. The van der Waals surface area contributed by atoms with Crippen LogP contribution in [0.3, 0.4) is 0 Å². The number of amides is 1. The molecule has 0 saturated carbocycles. The minimum Gasteiger partial charge on any atom is -0.351 e. The third-order valence-corrected chi connectivity index (χ3v) is 2.69. The summed E-state index contributed by atoms with van der Waals surface area (Å²) in [5, 5.41) is 2.90. The zero-order valence-electron chi connectivity index (χ0n) is 11.6. The van der Waals surface area contributed by atoms with Gasteiger partial charge in [-0.15, -0.1) is 11.8 Å². The molecule has 0 aliphatic heterocycles. The third kappa shape index (κ3) is 3.92. The van der Waals surface area contributed by atoms with E-state index in [-0.39, 0.29) is 11.3 Å². The normalized spacial score (nSPS) is 10.4. The predicted octanol–water partition coefficient (Wildman–Crippen LogP) is 3.13. The van der Waals surface area contributed by atoms with Crippen LogP contribution in [0.25, 0.3) is 0 Å². The van der Waals surface area contributed by atoms with Gasteiger partial charge in [-0.1, -0.05) is 39.0 Å². The van der Waals surface area contributed by atoms with Crippen LogP contribution in [0.1, 0.15) is 50.0 Å². The second-order valence-electron chi connectivity index (χ2n) is 5.23. The van der Waals surface area contributed by atoms with Crippen LogP contribution in [0.4, 0.5) is 0 Å². The average Bonchev–Trinajstić information content (AvgIpc) is 2.33. The van der Waals surface area contributed by atoms with E-state index in [1.54, 1.807) is 6.92 Å². The Morgan fingerprint density at radius 2 is 1.94 bits per heavy atom. The van der Waals surface area contributed by atoms with Gasteiger partial charge in [0.2, 0.25) is 0 Å². The summed E-state index contributed by atoms with van der Waals surface area (Å²) in [7, 11) is 0. The Morgan fingerprint density at radius 1 is 1.28 bits per heavy atom. The summed E-state index contributed by atoms with van der Waals surface area (Å²) in [5.74, 6) is 5.74. The van der Waals surface area contributed by atoms with Crippen molar-refractivity contribution >= 4 is 5.91 Å². The molecule has 0 unspecified atom stereocenters.